The van der Waals surface area contributed by atoms with Crippen LogP contribution in [0.5, 0.6) is 11.5 Å². The molecule has 0 aliphatic carbocycles. The van der Waals surface area contributed by atoms with Crippen LogP contribution in [0.25, 0.3) is 0 Å². The van der Waals surface area contributed by atoms with Crippen LogP contribution in [0.15, 0.2) is 60.8 Å². The van der Waals surface area contributed by atoms with Crippen molar-refractivity contribution in [2.75, 3.05) is 5.32 Å². The Kier molecular flexibility index (Phi) is 4.67. The maximum atomic E-state index is 12.1. The molecule has 0 radical (unpaired) electrons. The summed E-state index contributed by atoms with van der Waals surface area (Å²) in [6, 6.07) is 15.0. The fraction of sp³-hybridized carbons (Fsp3) is 0.0588. The van der Waals surface area contributed by atoms with Crippen LogP contribution in [0, 0.1) is 0 Å². The van der Waals surface area contributed by atoms with E-state index in [2.05, 4.69) is 10.4 Å². The molecular formula is C17H14ClN3O3. The molecule has 3 rings (SSSR count). The summed E-state index contributed by atoms with van der Waals surface area (Å²) in [6.45, 7) is 0.158. The van der Waals surface area contributed by atoms with Crippen LogP contribution in [-0.2, 0) is 6.73 Å². The van der Waals surface area contributed by atoms with E-state index >= 15 is 0 Å². The number of nitrogens with zero attached hydrogens (tertiary/aromatic N) is 2. The smallest absolute Gasteiger partial charge is 0.276 e. The van der Waals surface area contributed by atoms with E-state index in [0.29, 0.717) is 16.5 Å². The number of amides is 1. The topological polar surface area (TPSA) is 76.4 Å². The maximum absolute atomic E-state index is 12.1. The molecule has 0 fully saturated rings. The Morgan fingerprint density at radius 1 is 1.17 bits per heavy atom. The number of halogens is 1. The third kappa shape index (κ3) is 3.85. The molecule has 2 aromatic carbocycles. The zero-order valence-electron chi connectivity index (χ0n) is 12.5. The number of benzene rings is 2. The third-order valence-corrected chi connectivity index (χ3v) is 3.45. The van der Waals surface area contributed by atoms with Crippen LogP contribution in [0.1, 0.15) is 10.5 Å². The van der Waals surface area contributed by atoms with Gasteiger partial charge in [-0.15, -0.1) is 0 Å². The number of aromatic hydroxyl groups is 1. The number of hydrogen-bond acceptors (Lipinski definition) is 4. The highest BCUT2D eigenvalue weighted by Gasteiger charge is 2.11. The molecule has 0 spiro atoms. The molecule has 24 heavy (non-hydrogen) atoms. The average Bonchev–Trinajstić information content (AvgIpc) is 3.06. The fourth-order valence-corrected chi connectivity index (χ4v) is 2.12. The Hall–Kier alpha value is -2.99. The predicted octanol–water partition coefficient (Wildman–Crippen LogP) is 3.53. The van der Waals surface area contributed by atoms with Crippen molar-refractivity contribution < 1.29 is 14.6 Å². The second-order valence-electron chi connectivity index (χ2n) is 4.94. The number of ether oxygens (including phenoxy) is 1. The van der Waals surface area contributed by atoms with Crippen molar-refractivity contribution in [3.63, 3.8) is 0 Å². The van der Waals surface area contributed by atoms with Gasteiger partial charge in [-0.2, -0.15) is 5.10 Å². The molecule has 0 aliphatic heterocycles. The van der Waals surface area contributed by atoms with Crippen molar-refractivity contribution in [1.29, 1.82) is 0 Å². The molecule has 2 N–H and O–H groups in total. The monoisotopic (exact) mass is 343 g/mol. The largest absolute Gasteiger partial charge is 0.506 e. The molecule has 7 heteroatoms. The molecule has 1 aromatic heterocycles. The lowest BCUT2D eigenvalue weighted by Crippen LogP contribution is -2.14. The van der Waals surface area contributed by atoms with E-state index in [1.807, 2.05) is 0 Å². The number of phenolic OH excluding ortho intramolecular Hbond substituents is 1. The van der Waals surface area contributed by atoms with Crippen LogP contribution in [0.3, 0.4) is 0 Å². The van der Waals surface area contributed by atoms with Crippen LogP contribution in [0.2, 0.25) is 5.02 Å². The Morgan fingerprint density at radius 2 is 1.92 bits per heavy atom. The lowest BCUT2D eigenvalue weighted by molar-refractivity contribution is 0.102. The van der Waals surface area contributed by atoms with E-state index in [1.54, 1.807) is 54.7 Å². The minimum atomic E-state index is -0.415. The van der Waals surface area contributed by atoms with Crippen LogP contribution in [-0.4, -0.2) is 20.8 Å². The number of phenols is 1. The van der Waals surface area contributed by atoms with Crippen LogP contribution >= 0.6 is 11.6 Å². The van der Waals surface area contributed by atoms with Crippen LogP contribution in [0.4, 0.5) is 5.69 Å². The lowest BCUT2D eigenvalue weighted by atomic mass is 10.3. The van der Waals surface area contributed by atoms with Gasteiger partial charge in [0.2, 0.25) is 0 Å². The number of carbonyl (C=O) groups is 1. The highest BCUT2D eigenvalue weighted by molar-refractivity contribution is 6.30. The van der Waals surface area contributed by atoms with Gasteiger partial charge in [0, 0.05) is 11.2 Å². The molecule has 122 valence electrons. The number of rotatable bonds is 5. The molecule has 0 unspecified atom stereocenters. The highest BCUT2D eigenvalue weighted by atomic mass is 35.5. The number of anilines is 1. The highest BCUT2D eigenvalue weighted by Crippen LogP contribution is 2.22. The molecule has 1 heterocycles. The Morgan fingerprint density at radius 3 is 2.67 bits per heavy atom. The second-order valence-corrected chi connectivity index (χ2v) is 5.38. The molecule has 6 nitrogen and oxygen atoms in total. The number of para-hydroxylation sites is 2. The quantitative estimate of drug-likeness (QED) is 0.695. The molecule has 0 bridgehead atoms. The lowest BCUT2D eigenvalue weighted by Gasteiger charge is -2.06. The molecule has 3 aromatic rings. The molecule has 0 atom stereocenters. The summed E-state index contributed by atoms with van der Waals surface area (Å²) in [7, 11) is 0. The van der Waals surface area contributed by atoms with Gasteiger partial charge in [-0.3, -0.25) is 4.79 Å². The summed E-state index contributed by atoms with van der Waals surface area (Å²) in [5.41, 5.74) is 0.549. The maximum Gasteiger partial charge on any atom is 0.276 e. The van der Waals surface area contributed by atoms with Gasteiger partial charge >= 0.3 is 0 Å². The average molecular weight is 344 g/mol. The number of hydrogen-bond donors (Lipinski definition) is 2. The summed E-state index contributed by atoms with van der Waals surface area (Å²) in [4.78, 5) is 12.1. The molecule has 1 amide bonds. The van der Waals surface area contributed by atoms with E-state index in [1.165, 1.54) is 10.7 Å². The number of nitrogens with one attached hydrogen (secondary N) is 1. The summed E-state index contributed by atoms with van der Waals surface area (Å²) in [5.74, 6) is 0.230. The second kappa shape index (κ2) is 7.06. The Bertz CT molecular complexity index is 846. The SMILES string of the molecule is O=C(Nc1ccccc1O)c1ccn(COc2ccc(Cl)cc2)n1. The fourth-order valence-electron chi connectivity index (χ4n) is 1.99. The minimum absolute atomic E-state index is 0.00338. The van der Waals surface area contributed by atoms with Crippen molar-refractivity contribution in [3.05, 3.63) is 71.5 Å². The first-order chi connectivity index (χ1) is 11.6. The van der Waals surface area contributed by atoms with Gasteiger partial charge in [0.25, 0.3) is 5.91 Å². The van der Waals surface area contributed by atoms with Gasteiger partial charge in [-0.05, 0) is 42.5 Å². The van der Waals surface area contributed by atoms with Gasteiger partial charge in [-0.1, -0.05) is 23.7 Å². The van der Waals surface area contributed by atoms with Crippen molar-refractivity contribution in [2.45, 2.75) is 6.73 Å². The first-order valence-corrected chi connectivity index (χ1v) is 7.51. The zero-order valence-corrected chi connectivity index (χ0v) is 13.3. The third-order valence-electron chi connectivity index (χ3n) is 3.20. The van der Waals surface area contributed by atoms with Crippen molar-refractivity contribution in [3.8, 4) is 11.5 Å². The molecular weight excluding hydrogens is 330 g/mol. The summed E-state index contributed by atoms with van der Waals surface area (Å²) in [5, 5.41) is 17.0. The van der Waals surface area contributed by atoms with E-state index < -0.39 is 5.91 Å². The minimum Gasteiger partial charge on any atom is -0.506 e. The van der Waals surface area contributed by atoms with Gasteiger partial charge < -0.3 is 15.2 Å². The predicted molar refractivity (Wildman–Crippen MR) is 90.4 cm³/mol. The Balaban J connectivity index is 1.61. The standard InChI is InChI=1S/C17H14ClN3O3/c18-12-5-7-13(8-6-12)24-11-21-10-9-15(20-21)17(23)19-14-3-1-2-4-16(14)22/h1-10,22H,11H2,(H,19,23). The Labute approximate surface area is 143 Å². The van der Waals surface area contributed by atoms with E-state index in [0.717, 1.165) is 0 Å². The molecule has 0 saturated carbocycles. The van der Waals surface area contributed by atoms with Gasteiger partial charge in [0.05, 0.1) is 5.69 Å². The summed E-state index contributed by atoms with van der Waals surface area (Å²) >= 11 is 5.81. The number of carbonyl (C=O) groups excluding carboxylic acids is 1. The van der Waals surface area contributed by atoms with Gasteiger partial charge in [0.15, 0.2) is 12.4 Å². The van der Waals surface area contributed by atoms with Gasteiger partial charge in [-0.25, -0.2) is 4.68 Å². The summed E-state index contributed by atoms with van der Waals surface area (Å²) < 4.78 is 7.04. The van der Waals surface area contributed by atoms with Crippen molar-refractivity contribution in [2.24, 2.45) is 0 Å². The van der Waals surface area contributed by atoms with Crippen molar-refractivity contribution >= 4 is 23.2 Å². The molecule has 0 aliphatic rings. The van der Waals surface area contributed by atoms with E-state index in [-0.39, 0.29) is 18.2 Å². The van der Waals surface area contributed by atoms with Gasteiger partial charge in [0.1, 0.15) is 11.5 Å². The summed E-state index contributed by atoms with van der Waals surface area (Å²) in [6.07, 6.45) is 1.63. The normalized spacial score (nSPS) is 10.4. The number of aromatic nitrogens is 2. The first-order valence-electron chi connectivity index (χ1n) is 7.13. The van der Waals surface area contributed by atoms with E-state index in [4.69, 9.17) is 16.3 Å². The first kappa shape index (κ1) is 15.9. The van der Waals surface area contributed by atoms with E-state index in [9.17, 15) is 9.90 Å². The zero-order chi connectivity index (χ0) is 16.9. The van der Waals surface area contributed by atoms with Crippen molar-refractivity contribution in [1.82, 2.24) is 9.78 Å². The molecule has 0 saturated heterocycles. The van der Waals surface area contributed by atoms with Crippen LogP contribution < -0.4 is 10.1 Å².